The van der Waals surface area contributed by atoms with Gasteiger partial charge in [0.05, 0.1) is 50.1 Å². The van der Waals surface area contributed by atoms with Crippen LogP contribution in [0.5, 0.6) is 17.2 Å². The van der Waals surface area contributed by atoms with E-state index in [1.54, 1.807) is 33.5 Å². The molecule has 1 fully saturated rings. The molecular weight excluding hydrogens is 622 g/mol. The Hall–Kier alpha value is -5.06. The van der Waals surface area contributed by atoms with Crippen molar-refractivity contribution in [2.75, 3.05) is 33.2 Å². The fourth-order valence-electron chi connectivity index (χ4n) is 7.30. The lowest BCUT2D eigenvalue weighted by atomic mass is 9.95. The Morgan fingerprint density at radius 2 is 1.82 bits per heavy atom. The molecule has 2 amide bonds. The number of carbonyl (C=O) groups is 2. The van der Waals surface area contributed by atoms with Crippen molar-refractivity contribution in [1.29, 1.82) is 0 Å². The van der Waals surface area contributed by atoms with Crippen LogP contribution in [0.1, 0.15) is 75.5 Å². The second-order valence-electron chi connectivity index (χ2n) is 12.9. The summed E-state index contributed by atoms with van der Waals surface area (Å²) in [6.07, 6.45) is 3.55. The van der Waals surface area contributed by atoms with E-state index in [0.29, 0.717) is 47.9 Å². The first-order valence-electron chi connectivity index (χ1n) is 17.0. The maximum absolute atomic E-state index is 14.4. The highest BCUT2D eigenvalue weighted by molar-refractivity contribution is 5.87. The third kappa shape index (κ3) is 6.41. The molecule has 0 bridgehead atoms. The molecule has 1 aromatic heterocycles. The number of anilines is 1. The number of amides is 2. The van der Waals surface area contributed by atoms with E-state index in [1.165, 1.54) is 6.92 Å². The Balaban J connectivity index is 1.42. The molecular formula is C38H45N5O6. The predicted molar refractivity (Wildman–Crippen MR) is 189 cm³/mol. The molecule has 1 aliphatic heterocycles. The molecule has 4 aromatic rings. The molecule has 0 spiro atoms. The van der Waals surface area contributed by atoms with Gasteiger partial charge in [-0.05, 0) is 78.6 Å². The molecule has 2 aliphatic rings. The van der Waals surface area contributed by atoms with Gasteiger partial charge in [0.15, 0.2) is 11.5 Å². The summed E-state index contributed by atoms with van der Waals surface area (Å²) in [7, 11) is 4.70. The van der Waals surface area contributed by atoms with Gasteiger partial charge in [-0.2, -0.15) is 0 Å². The number of aromatic nitrogens is 2. The van der Waals surface area contributed by atoms with Crippen LogP contribution in [0.15, 0.2) is 53.3 Å². The monoisotopic (exact) mass is 667 g/mol. The molecule has 1 aliphatic carbocycles. The van der Waals surface area contributed by atoms with Crippen LogP contribution in [0, 0.1) is 5.92 Å². The molecule has 6 rings (SSSR count). The molecule has 258 valence electrons. The van der Waals surface area contributed by atoms with Crippen molar-refractivity contribution in [3.63, 3.8) is 0 Å². The topological polar surface area (TPSA) is 135 Å². The molecule has 11 heteroatoms. The highest BCUT2D eigenvalue weighted by atomic mass is 16.5. The number of rotatable bonds is 10. The molecule has 11 nitrogen and oxygen atoms in total. The van der Waals surface area contributed by atoms with Gasteiger partial charge in [-0.3, -0.25) is 14.4 Å². The smallest absolute Gasteiger partial charge is 0.245 e. The fraction of sp³-hybridized carbons (Fsp3) is 0.421. The summed E-state index contributed by atoms with van der Waals surface area (Å²) in [6.45, 7) is 6.15. The number of ether oxygens (including phenoxy) is 3. The standard InChI is InChI=1S/C38H45N5O6/c1-7-21(2)34(38(46)43-18-10-13-30(43)37-41-27-11-8-9-12-28(27)42-37)40-29-17-15-24-25(20-31(29)45)26(39-22(3)44)16-14-23-19-32(47-4)35(48-5)36(49-6)33(23)24/h8-9,11-12,15,17,19-21,26,30,34H,7,10,13-14,16,18H2,1-6H3,(H,39,44)(H,40,45)(H,41,42)/t21-,26+,30+,34+/m0/s1. The summed E-state index contributed by atoms with van der Waals surface area (Å²) in [5, 5.41) is 6.43. The van der Waals surface area contributed by atoms with Gasteiger partial charge in [0.2, 0.25) is 23.0 Å². The number of imidazole rings is 1. The van der Waals surface area contributed by atoms with Crippen molar-refractivity contribution in [3.05, 3.63) is 75.7 Å². The number of fused-ring (bicyclic) bond motifs is 4. The summed E-state index contributed by atoms with van der Waals surface area (Å²) in [5.41, 5.74) is 4.92. The zero-order chi connectivity index (χ0) is 34.8. The van der Waals surface area contributed by atoms with Crippen LogP contribution in [-0.2, 0) is 16.0 Å². The van der Waals surface area contributed by atoms with Gasteiger partial charge in [0, 0.05) is 19.0 Å². The number of nitrogens with one attached hydrogen (secondary N) is 3. The third-order valence-electron chi connectivity index (χ3n) is 9.97. The number of benzene rings is 2. The molecule has 4 atom stereocenters. The van der Waals surface area contributed by atoms with Gasteiger partial charge in [-0.25, -0.2) is 4.98 Å². The molecule has 3 N–H and O–H groups in total. The van der Waals surface area contributed by atoms with Crippen LogP contribution in [-0.4, -0.2) is 60.6 Å². The molecule has 3 aromatic carbocycles. The van der Waals surface area contributed by atoms with E-state index >= 15 is 0 Å². The van der Waals surface area contributed by atoms with Crippen molar-refractivity contribution in [2.24, 2.45) is 5.92 Å². The number of carbonyl (C=O) groups excluding carboxylic acids is 2. The van der Waals surface area contributed by atoms with Crippen molar-refractivity contribution < 1.29 is 23.8 Å². The Bertz CT molecular complexity index is 1910. The van der Waals surface area contributed by atoms with Gasteiger partial charge in [0.1, 0.15) is 11.9 Å². The second kappa shape index (κ2) is 14.2. The minimum absolute atomic E-state index is 0.0651. The zero-order valence-corrected chi connectivity index (χ0v) is 29.0. The van der Waals surface area contributed by atoms with Gasteiger partial charge < -0.3 is 34.7 Å². The fourth-order valence-corrected chi connectivity index (χ4v) is 7.30. The minimum Gasteiger partial charge on any atom is -0.493 e. The summed E-state index contributed by atoms with van der Waals surface area (Å²) in [6, 6.07) is 13.7. The van der Waals surface area contributed by atoms with Crippen LogP contribution < -0.4 is 30.3 Å². The highest BCUT2D eigenvalue weighted by Crippen LogP contribution is 2.50. The van der Waals surface area contributed by atoms with Gasteiger partial charge >= 0.3 is 0 Å². The quantitative estimate of drug-likeness (QED) is 0.190. The molecule has 1 saturated heterocycles. The van der Waals surface area contributed by atoms with Gasteiger partial charge in [-0.1, -0.05) is 38.5 Å². The van der Waals surface area contributed by atoms with E-state index in [4.69, 9.17) is 19.2 Å². The number of hydrogen-bond acceptors (Lipinski definition) is 8. The lowest BCUT2D eigenvalue weighted by Gasteiger charge is -2.31. The molecule has 0 radical (unpaired) electrons. The first-order valence-corrected chi connectivity index (χ1v) is 17.0. The summed E-state index contributed by atoms with van der Waals surface area (Å²) >= 11 is 0. The minimum atomic E-state index is -0.651. The van der Waals surface area contributed by atoms with E-state index in [-0.39, 0.29) is 29.2 Å². The average Bonchev–Trinajstić information content (AvgIpc) is 3.70. The number of hydrogen-bond donors (Lipinski definition) is 3. The van der Waals surface area contributed by atoms with E-state index in [9.17, 15) is 14.4 Å². The largest absolute Gasteiger partial charge is 0.493 e. The van der Waals surface area contributed by atoms with Crippen molar-refractivity contribution >= 4 is 28.5 Å². The van der Waals surface area contributed by atoms with E-state index in [0.717, 1.165) is 52.8 Å². The van der Waals surface area contributed by atoms with Crippen molar-refractivity contribution in [3.8, 4) is 28.4 Å². The number of H-pyrrole nitrogens is 1. The number of aromatic amines is 1. The third-order valence-corrected chi connectivity index (χ3v) is 9.97. The Morgan fingerprint density at radius 1 is 1.04 bits per heavy atom. The Kier molecular flexibility index (Phi) is 9.80. The summed E-state index contributed by atoms with van der Waals surface area (Å²) in [5.74, 6) is 1.88. The summed E-state index contributed by atoms with van der Waals surface area (Å²) in [4.78, 5) is 51.0. The van der Waals surface area contributed by atoms with Crippen LogP contribution in [0.3, 0.4) is 0 Å². The lowest BCUT2D eigenvalue weighted by Crippen LogP contribution is -2.46. The number of nitrogens with zero attached hydrogens (tertiary/aromatic N) is 2. The number of methoxy groups -OCH3 is 3. The zero-order valence-electron chi connectivity index (χ0n) is 29.0. The van der Waals surface area contributed by atoms with Crippen molar-refractivity contribution in [2.45, 2.75) is 71.0 Å². The molecule has 0 saturated carbocycles. The van der Waals surface area contributed by atoms with E-state index in [1.807, 2.05) is 55.1 Å². The Morgan fingerprint density at radius 3 is 2.51 bits per heavy atom. The number of likely N-dealkylation sites (tertiary alicyclic amines) is 1. The number of para-hydroxylation sites is 2. The van der Waals surface area contributed by atoms with Crippen LogP contribution in [0.2, 0.25) is 0 Å². The SMILES string of the molecule is CC[C@H](C)[C@@H](Nc1ccc2c(cc1=O)[C@H](NC(C)=O)CCc1cc(OC)c(OC)c(OC)c1-2)C(=O)N1CCC[C@@H]1c1nc2ccccc2[nH]1. The molecule has 49 heavy (non-hydrogen) atoms. The van der Waals surface area contributed by atoms with Crippen molar-refractivity contribution in [1.82, 2.24) is 20.2 Å². The molecule has 2 heterocycles. The Labute approximate surface area is 286 Å². The molecule has 0 unspecified atom stereocenters. The highest BCUT2D eigenvalue weighted by Gasteiger charge is 2.38. The van der Waals surface area contributed by atoms with Gasteiger partial charge in [0.25, 0.3) is 0 Å². The van der Waals surface area contributed by atoms with E-state index < -0.39 is 12.1 Å². The first kappa shape index (κ1) is 33.8. The normalized spacial score (nSPS) is 18.1. The first-order chi connectivity index (χ1) is 23.7. The van der Waals surface area contributed by atoms with Crippen LogP contribution in [0.4, 0.5) is 5.69 Å². The number of aryl methyl sites for hydroxylation is 1. The summed E-state index contributed by atoms with van der Waals surface area (Å²) < 4.78 is 17.3. The van der Waals surface area contributed by atoms with Crippen LogP contribution in [0.25, 0.3) is 22.2 Å². The van der Waals surface area contributed by atoms with Gasteiger partial charge in [-0.15, -0.1) is 0 Å². The van der Waals surface area contributed by atoms with Crippen LogP contribution >= 0.6 is 0 Å². The lowest BCUT2D eigenvalue weighted by molar-refractivity contribution is -0.134. The predicted octanol–water partition coefficient (Wildman–Crippen LogP) is 5.93. The average molecular weight is 668 g/mol. The van der Waals surface area contributed by atoms with E-state index in [2.05, 4.69) is 15.6 Å². The maximum Gasteiger partial charge on any atom is 0.245 e. The maximum atomic E-state index is 14.4. The second-order valence-corrected chi connectivity index (χ2v) is 12.9.